The number of thioether (sulfide) groups is 1. The number of aliphatic carboxylic acids is 1. The Hall–Kier alpha value is -1.09. The van der Waals surface area contributed by atoms with Gasteiger partial charge in [0.2, 0.25) is 5.91 Å². The average Bonchev–Trinajstić information content (AvgIpc) is 3.20. The SMILES string of the molecule is O=C(Cc1csc(-c2ccc(Cl)s2)n1)NC1(C(=O)O)CCSC1. The van der Waals surface area contributed by atoms with Crippen LogP contribution in [-0.2, 0) is 16.0 Å². The summed E-state index contributed by atoms with van der Waals surface area (Å²) in [6.45, 7) is 0. The summed E-state index contributed by atoms with van der Waals surface area (Å²) in [4.78, 5) is 29.0. The number of aromatic nitrogens is 1. The zero-order valence-electron chi connectivity index (χ0n) is 11.9. The highest BCUT2D eigenvalue weighted by molar-refractivity contribution is 7.99. The summed E-state index contributed by atoms with van der Waals surface area (Å²) in [5.74, 6) is -0.129. The van der Waals surface area contributed by atoms with Gasteiger partial charge in [-0.15, -0.1) is 22.7 Å². The van der Waals surface area contributed by atoms with Crippen molar-refractivity contribution in [3.05, 3.63) is 27.5 Å². The zero-order valence-corrected chi connectivity index (χ0v) is 15.1. The van der Waals surface area contributed by atoms with E-state index >= 15 is 0 Å². The van der Waals surface area contributed by atoms with E-state index in [-0.39, 0.29) is 12.3 Å². The first-order valence-corrected chi connectivity index (χ1v) is 10.0. The molecule has 122 valence electrons. The number of carboxylic acids is 1. The lowest BCUT2D eigenvalue weighted by molar-refractivity contribution is -0.146. The van der Waals surface area contributed by atoms with E-state index in [9.17, 15) is 14.7 Å². The number of carboxylic acid groups (broad SMARTS) is 1. The van der Waals surface area contributed by atoms with Gasteiger partial charge in [-0.2, -0.15) is 11.8 Å². The van der Waals surface area contributed by atoms with Gasteiger partial charge in [-0.05, 0) is 24.3 Å². The fraction of sp³-hybridized carbons (Fsp3) is 0.357. The molecule has 2 aromatic heterocycles. The molecule has 0 spiro atoms. The van der Waals surface area contributed by atoms with Crippen LogP contribution in [0, 0.1) is 0 Å². The number of thiophene rings is 1. The highest BCUT2D eigenvalue weighted by Crippen LogP contribution is 2.33. The van der Waals surface area contributed by atoms with Crippen molar-refractivity contribution in [2.45, 2.75) is 18.4 Å². The number of rotatable bonds is 5. The summed E-state index contributed by atoms with van der Waals surface area (Å²) in [5.41, 5.74) is -0.500. The molecule has 9 heteroatoms. The molecule has 2 N–H and O–H groups in total. The van der Waals surface area contributed by atoms with Gasteiger partial charge < -0.3 is 10.4 Å². The Bertz CT molecular complexity index is 737. The maximum Gasteiger partial charge on any atom is 0.330 e. The van der Waals surface area contributed by atoms with Crippen molar-refractivity contribution < 1.29 is 14.7 Å². The summed E-state index contributed by atoms with van der Waals surface area (Å²) in [5, 5.41) is 14.7. The van der Waals surface area contributed by atoms with Gasteiger partial charge in [0.25, 0.3) is 0 Å². The number of hydrogen-bond donors (Lipinski definition) is 2. The summed E-state index contributed by atoms with van der Waals surface area (Å²) >= 11 is 10.3. The maximum atomic E-state index is 12.2. The Morgan fingerprint density at radius 1 is 1.43 bits per heavy atom. The van der Waals surface area contributed by atoms with Crippen molar-refractivity contribution in [1.82, 2.24) is 10.3 Å². The number of amides is 1. The van der Waals surface area contributed by atoms with Crippen LogP contribution >= 0.6 is 46.0 Å². The van der Waals surface area contributed by atoms with E-state index in [4.69, 9.17) is 11.6 Å². The molecule has 1 aliphatic rings. The third-order valence-electron chi connectivity index (χ3n) is 3.49. The first-order valence-electron chi connectivity index (χ1n) is 6.81. The quantitative estimate of drug-likeness (QED) is 0.822. The number of nitrogens with zero attached hydrogens (tertiary/aromatic N) is 1. The Labute approximate surface area is 150 Å². The van der Waals surface area contributed by atoms with Crippen LogP contribution in [0.4, 0.5) is 0 Å². The Balaban J connectivity index is 1.66. The molecule has 0 saturated carbocycles. The zero-order chi connectivity index (χ0) is 16.4. The van der Waals surface area contributed by atoms with Gasteiger partial charge in [0.15, 0.2) is 0 Å². The van der Waals surface area contributed by atoms with Gasteiger partial charge in [-0.25, -0.2) is 9.78 Å². The van der Waals surface area contributed by atoms with Gasteiger partial charge in [0, 0.05) is 11.1 Å². The number of carbonyl (C=O) groups excluding carboxylic acids is 1. The van der Waals surface area contributed by atoms with E-state index in [2.05, 4.69) is 10.3 Å². The fourth-order valence-electron chi connectivity index (χ4n) is 2.29. The van der Waals surface area contributed by atoms with E-state index in [1.165, 1.54) is 22.7 Å². The van der Waals surface area contributed by atoms with Gasteiger partial charge >= 0.3 is 5.97 Å². The van der Waals surface area contributed by atoms with E-state index in [1.54, 1.807) is 11.8 Å². The smallest absolute Gasteiger partial charge is 0.330 e. The summed E-state index contributed by atoms with van der Waals surface area (Å²) in [6, 6.07) is 3.70. The molecular formula is C14H13ClN2O3S3. The second-order valence-corrected chi connectivity index (χ2v) is 8.84. The fourth-order valence-corrected chi connectivity index (χ4v) is 5.55. The van der Waals surface area contributed by atoms with Gasteiger partial charge in [0.05, 0.1) is 21.3 Å². The van der Waals surface area contributed by atoms with E-state index in [1.807, 2.05) is 17.5 Å². The van der Waals surface area contributed by atoms with Crippen LogP contribution in [-0.4, -0.2) is 39.0 Å². The van der Waals surface area contributed by atoms with Crippen molar-refractivity contribution in [1.29, 1.82) is 0 Å². The molecule has 3 heterocycles. The largest absolute Gasteiger partial charge is 0.479 e. The monoisotopic (exact) mass is 388 g/mol. The molecule has 23 heavy (non-hydrogen) atoms. The van der Waals surface area contributed by atoms with Crippen molar-refractivity contribution in [3.63, 3.8) is 0 Å². The molecule has 1 atom stereocenters. The molecule has 1 aliphatic heterocycles. The lowest BCUT2D eigenvalue weighted by atomic mass is 9.99. The molecule has 1 amide bonds. The van der Waals surface area contributed by atoms with Crippen molar-refractivity contribution >= 4 is 57.9 Å². The summed E-state index contributed by atoms with van der Waals surface area (Å²) in [7, 11) is 0. The first-order chi connectivity index (χ1) is 11.0. The minimum Gasteiger partial charge on any atom is -0.479 e. The van der Waals surface area contributed by atoms with Crippen LogP contribution in [0.3, 0.4) is 0 Å². The number of thiazole rings is 1. The Morgan fingerprint density at radius 2 is 2.26 bits per heavy atom. The number of carbonyl (C=O) groups is 2. The standard InChI is InChI=1S/C14H13ClN2O3S3/c15-10-2-1-9(23-10)12-16-8(6-22-12)5-11(18)17-14(13(19)20)3-4-21-7-14/h1-2,6H,3-5,7H2,(H,17,18)(H,19,20). The van der Waals surface area contributed by atoms with Crippen LogP contribution < -0.4 is 5.32 Å². The van der Waals surface area contributed by atoms with Gasteiger partial charge in [-0.3, -0.25) is 4.79 Å². The molecule has 5 nitrogen and oxygen atoms in total. The van der Waals surface area contributed by atoms with E-state index in [0.717, 1.165) is 15.6 Å². The number of hydrogen-bond acceptors (Lipinski definition) is 6. The predicted molar refractivity (Wildman–Crippen MR) is 94.6 cm³/mol. The molecule has 1 saturated heterocycles. The molecule has 1 unspecified atom stereocenters. The van der Waals surface area contributed by atoms with Crippen LogP contribution in [0.5, 0.6) is 0 Å². The molecule has 0 aliphatic carbocycles. The van der Waals surface area contributed by atoms with Crippen molar-refractivity contribution in [2.24, 2.45) is 0 Å². The topological polar surface area (TPSA) is 79.3 Å². The lowest BCUT2D eigenvalue weighted by Crippen LogP contribution is -2.55. The number of nitrogens with one attached hydrogen (secondary N) is 1. The third kappa shape index (κ3) is 3.71. The second kappa shape index (κ2) is 6.80. The van der Waals surface area contributed by atoms with E-state index in [0.29, 0.717) is 22.2 Å². The van der Waals surface area contributed by atoms with Gasteiger partial charge in [0.1, 0.15) is 10.5 Å². The van der Waals surface area contributed by atoms with Crippen molar-refractivity contribution in [3.8, 4) is 9.88 Å². The highest BCUT2D eigenvalue weighted by atomic mass is 35.5. The van der Waals surface area contributed by atoms with Gasteiger partial charge in [-0.1, -0.05) is 11.6 Å². The minimum atomic E-state index is -1.14. The third-order valence-corrected chi connectivity index (χ3v) is 6.97. The molecular weight excluding hydrogens is 376 g/mol. The molecule has 2 aromatic rings. The maximum absolute atomic E-state index is 12.2. The molecule has 1 fully saturated rings. The normalized spacial score (nSPS) is 20.6. The molecule has 0 aromatic carbocycles. The van der Waals surface area contributed by atoms with Crippen LogP contribution in [0.1, 0.15) is 12.1 Å². The summed E-state index contributed by atoms with van der Waals surface area (Å²) in [6.07, 6.45) is 0.532. The average molecular weight is 389 g/mol. The van der Waals surface area contributed by atoms with Crippen LogP contribution in [0.2, 0.25) is 4.34 Å². The minimum absolute atomic E-state index is 0.0787. The Kier molecular flexibility index (Phi) is 4.96. The second-order valence-electron chi connectivity index (χ2n) is 5.16. The predicted octanol–water partition coefficient (Wildman–Crippen LogP) is 3.14. The first kappa shape index (κ1) is 16.8. The Morgan fingerprint density at radius 3 is 2.87 bits per heavy atom. The number of halogens is 1. The van der Waals surface area contributed by atoms with Crippen molar-refractivity contribution in [2.75, 3.05) is 11.5 Å². The molecule has 0 bridgehead atoms. The van der Waals surface area contributed by atoms with Crippen LogP contribution in [0.25, 0.3) is 9.88 Å². The summed E-state index contributed by atoms with van der Waals surface area (Å²) < 4.78 is 0.691. The van der Waals surface area contributed by atoms with Crippen LogP contribution in [0.15, 0.2) is 17.5 Å². The van der Waals surface area contributed by atoms with E-state index < -0.39 is 11.5 Å². The molecule has 3 rings (SSSR count). The lowest BCUT2D eigenvalue weighted by Gasteiger charge is -2.24. The highest BCUT2D eigenvalue weighted by Gasteiger charge is 2.43. The molecule has 0 radical (unpaired) electrons.